The Hall–Kier alpha value is -2.89. The van der Waals surface area contributed by atoms with Crippen LogP contribution in [0.4, 0.5) is 5.69 Å². The van der Waals surface area contributed by atoms with Gasteiger partial charge in [0.1, 0.15) is 0 Å². The predicted molar refractivity (Wildman–Crippen MR) is 79.4 cm³/mol. The first-order valence-corrected chi connectivity index (χ1v) is 6.33. The summed E-state index contributed by atoms with van der Waals surface area (Å²) < 4.78 is 0. The average molecular weight is 284 g/mol. The van der Waals surface area contributed by atoms with Crippen molar-refractivity contribution in [1.82, 2.24) is 9.88 Å². The summed E-state index contributed by atoms with van der Waals surface area (Å²) in [6.07, 6.45) is 1.53. The van der Waals surface area contributed by atoms with Gasteiger partial charge in [0.2, 0.25) is 5.91 Å². The summed E-state index contributed by atoms with van der Waals surface area (Å²) in [6.45, 7) is 0.383. The molecular weight excluding hydrogens is 268 g/mol. The molecule has 0 radical (unpaired) electrons. The second-order valence-electron chi connectivity index (χ2n) is 4.66. The minimum Gasteiger partial charge on any atom is -0.397 e. The highest BCUT2D eigenvalue weighted by Crippen LogP contribution is 2.12. The third-order valence-electron chi connectivity index (χ3n) is 3.05. The van der Waals surface area contributed by atoms with E-state index in [1.54, 1.807) is 43.4 Å². The zero-order valence-corrected chi connectivity index (χ0v) is 11.6. The van der Waals surface area contributed by atoms with E-state index in [9.17, 15) is 9.59 Å². The highest BCUT2D eigenvalue weighted by Gasteiger charge is 2.16. The SMILES string of the molecule is CN(Cc1ccc(C(N)=O)cc1)C(=O)c1ncccc1N. The maximum Gasteiger partial charge on any atom is 0.274 e. The number of hydrogen-bond acceptors (Lipinski definition) is 4. The van der Waals surface area contributed by atoms with E-state index in [4.69, 9.17) is 11.5 Å². The van der Waals surface area contributed by atoms with E-state index in [-0.39, 0.29) is 11.6 Å². The molecule has 0 aliphatic carbocycles. The largest absolute Gasteiger partial charge is 0.397 e. The van der Waals surface area contributed by atoms with Gasteiger partial charge in [0, 0.05) is 25.4 Å². The van der Waals surface area contributed by atoms with Crippen LogP contribution in [0.15, 0.2) is 42.6 Å². The molecule has 6 heteroatoms. The van der Waals surface area contributed by atoms with Crippen molar-refractivity contribution in [2.24, 2.45) is 5.73 Å². The lowest BCUT2D eigenvalue weighted by Crippen LogP contribution is -2.27. The number of hydrogen-bond donors (Lipinski definition) is 2. The first-order chi connectivity index (χ1) is 9.99. The zero-order chi connectivity index (χ0) is 15.4. The molecule has 0 saturated heterocycles. The number of benzene rings is 1. The zero-order valence-electron chi connectivity index (χ0n) is 11.6. The van der Waals surface area contributed by atoms with Crippen LogP contribution in [0.3, 0.4) is 0 Å². The van der Waals surface area contributed by atoms with Gasteiger partial charge in [0.15, 0.2) is 5.69 Å². The van der Waals surface area contributed by atoms with Gasteiger partial charge >= 0.3 is 0 Å². The van der Waals surface area contributed by atoms with Gasteiger partial charge in [-0.25, -0.2) is 4.98 Å². The number of aromatic nitrogens is 1. The van der Waals surface area contributed by atoms with Gasteiger partial charge in [0.05, 0.1) is 5.69 Å². The van der Waals surface area contributed by atoms with Gasteiger partial charge in [-0.15, -0.1) is 0 Å². The Balaban J connectivity index is 2.10. The molecule has 2 amide bonds. The Labute approximate surface area is 122 Å². The lowest BCUT2D eigenvalue weighted by molar-refractivity contribution is 0.0780. The number of carbonyl (C=O) groups is 2. The quantitative estimate of drug-likeness (QED) is 0.875. The third kappa shape index (κ3) is 3.36. The minimum absolute atomic E-state index is 0.230. The number of nitrogen functional groups attached to an aromatic ring is 1. The van der Waals surface area contributed by atoms with E-state index < -0.39 is 5.91 Å². The number of anilines is 1. The molecule has 2 rings (SSSR count). The smallest absolute Gasteiger partial charge is 0.274 e. The summed E-state index contributed by atoms with van der Waals surface area (Å²) in [5, 5.41) is 0. The van der Waals surface area contributed by atoms with Crippen molar-refractivity contribution in [3.05, 3.63) is 59.4 Å². The van der Waals surface area contributed by atoms with Crippen molar-refractivity contribution in [3.63, 3.8) is 0 Å². The normalized spacial score (nSPS) is 10.1. The molecule has 0 aliphatic heterocycles. The number of nitrogens with zero attached hydrogens (tertiary/aromatic N) is 2. The van der Waals surface area contributed by atoms with Crippen molar-refractivity contribution in [2.75, 3.05) is 12.8 Å². The van der Waals surface area contributed by atoms with E-state index in [1.165, 1.54) is 11.1 Å². The summed E-state index contributed by atoms with van der Waals surface area (Å²) in [5.41, 5.74) is 12.8. The number of nitrogens with two attached hydrogens (primary N) is 2. The van der Waals surface area contributed by atoms with Crippen LogP contribution in [0.2, 0.25) is 0 Å². The van der Waals surface area contributed by atoms with E-state index in [2.05, 4.69) is 4.98 Å². The lowest BCUT2D eigenvalue weighted by atomic mass is 10.1. The van der Waals surface area contributed by atoms with Gasteiger partial charge in [0.25, 0.3) is 5.91 Å². The topological polar surface area (TPSA) is 102 Å². The average Bonchev–Trinajstić information content (AvgIpc) is 2.47. The number of carbonyl (C=O) groups excluding carboxylic acids is 2. The van der Waals surface area contributed by atoms with Crippen molar-refractivity contribution in [2.45, 2.75) is 6.54 Å². The van der Waals surface area contributed by atoms with Gasteiger partial charge in [-0.05, 0) is 29.8 Å². The molecule has 0 saturated carbocycles. The molecule has 0 atom stereocenters. The Bertz CT molecular complexity index is 668. The highest BCUT2D eigenvalue weighted by atomic mass is 16.2. The summed E-state index contributed by atoms with van der Waals surface area (Å²) in [5.74, 6) is -0.737. The van der Waals surface area contributed by atoms with Crippen LogP contribution in [0.1, 0.15) is 26.4 Å². The maximum atomic E-state index is 12.3. The Morgan fingerprint density at radius 3 is 2.43 bits per heavy atom. The summed E-state index contributed by atoms with van der Waals surface area (Å²) in [7, 11) is 1.67. The highest BCUT2D eigenvalue weighted by molar-refractivity contribution is 5.96. The first kappa shape index (κ1) is 14.5. The standard InChI is InChI=1S/C15H16N4O2/c1-19(15(21)13-12(16)3-2-8-18-13)9-10-4-6-11(7-5-10)14(17)20/h2-8H,9,16H2,1H3,(H2,17,20). The molecule has 0 fully saturated rings. The molecule has 108 valence electrons. The van der Waals surface area contributed by atoms with Crippen molar-refractivity contribution < 1.29 is 9.59 Å². The molecule has 2 aromatic rings. The maximum absolute atomic E-state index is 12.3. The van der Waals surface area contributed by atoms with Crippen LogP contribution in [0, 0.1) is 0 Å². The van der Waals surface area contributed by atoms with E-state index in [0.717, 1.165) is 5.56 Å². The summed E-state index contributed by atoms with van der Waals surface area (Å²) in [6, 6.07) is 10.1. The Morgan fingerprint density at radius 2 is 1.86 bits per heavy atom. The summed E-state index contributed by atoms with van der Waals surface area (Å²) >= 11 is 0. The minimum atomic E-state index is -0.479. The van der Waals surface area contributed by atoms with Crippen LogP contribution in [-0.4, -0.2) is 28.7 Å². The monoisotopic (exact) mass is 284 g/mol. The molecule has 0 bridgehead atoms. The predicted octanol–water partition coefficient (Wildman–Crippen LogP) is 1.03. The van der Waals surface area contributed by atoms with Crippen molar-refractivity contribution in [3.8, 4) is 0 Å². The summed E-state index contributed by atoms with van der Waals surface area (Å²) in [4.78, 5) is 28.8. The first-order valence-electron chi connectivity index (χ1n) is 6.33. The molecule has 1 heterocycles. The van der Waals surface area contributed by atoms with Crippen LogP contribution in [0.25, 0.3) is 0 Å². The van der Waals surface area contributed by atoms with E-state index >= 15 is 0 Å². The second kappa shape index (κ2) is 6.04. The number of primary amides is 1. The fourth-order valence-electron chi connectivity index (χ4n) is 1.90. The van der Waals surface area contributed by atoms with Crippen LogP contribution >= 0.6 is 0 Å². The van der Waals surface area contributed by atoms with Crippen molar-refractivity contribution >= 4 is 17.5 Å². The van der Waals surface area contributed by atoms with E-state index in [1.807, 2.05) is 0 Å². The Kier molecular flexibility index (Phi) is 4.18. The third-order valence-corrected chi connectivity index (χ3v) is 3.05. The van der Waals surface area contributed by atoms with Crippen LogP contribution in [-0.2, 0) is 6.54 Å². The number of amides is 2. The van der Waals surface area contributed by atoms with Gasteiger partial charge in [-0.3, -0.25) is 9.59 Å². The van der Waals surface area contributed by atoms with Gasteiger partial charge < -0.3 is 16.4 Å². The Morgan fingerprint density at radius 1 is 1.19 bits per heavy atom. The second-order valence-corrected chi connectivity index (χ2v) is 4.66. The molecule has 0 aliphatic rings. The van der Waals surface area contributed by atoms with Crippen LogP contribution < -0.4 is 11.5 Å². The molecular formula is C15H16N4O2. The van der Waals surface area contributed by atoms with Crippen molar-refractivity contribution in [1.29, 1.82) is 0 Å². The molecule has 1 aromatic carbocycles. The molecule has 4 N–H and O–H groups in total. The lowest BCUT2D eigenvalue weighted by Gasteiger charge is -2.17. The number of rotatable bonds is 4. The van der Waals surface area contributed by atoms with Crippen LogP contribution in [0.5, 0.6) is 0 Å². The van der Waals surface area contributed by atoms with Gasteiger partial charge in [-0.1, -0.05) is 12.1 Å². The fourth-order valence-corrected chi connectivity index (χ4v) is 1.90. The molecule has 21 heavy (non-hydrogen) atoms. The number of pyridine rings is 1. The van der Waals surface area contributed by atoms with Gasteiger partial charge in [-0.2, -0.15) is 0 Å². The van der Waals surface area contributed by atoms with E-state index in [0.29, 0.717) is 17.8 Å². The molecule has 0 spiro atoms. The molecule has 6 nitrogen and oxygen atoms in total. The fraction of sp³-hybridized carbons (Fsp3) is 0.133. The molecule has 1 aromatic heterocycles. The molecule has 0 unspecified atom stereocenters.